The number of carbonyl (C=O) groups is 1. The van der Waals surface area contributed by atoms with Gasteiger partial charge in [0.25, 0.3) is 10.0 Å². The van der Waals surface area contributed by atoms with Gasteiger partial charge in [-0.1, -0.05) is 31.5 Å². The third-order valence-electron chi connectivity index (χ3n) is 3.38. The van der Waals surface area contributed by atoms with E-state index in [0.717, 1.165) is 11.5 Å². The number of carboxylic acid groups (broad SMARTS) is 1. The SMILES string of the molecule is Cc1c(Cl)cccc1S(=O)(=O)Nc1nc(C(C(=O)O)C(C)C)ns1. The minimum atomic E-state index is -3.89. The monoisotopic (exact) mass is 389 g/mol. The molecule has 0 aliphatic heterocycles. The largest absolute Gasteiger partial charge is 0.481 e. The van der Waals surface area contributed by atoms with Crippen molar-refractivity contribution in [1.82, 2.24) is 9.36 Å². The molecule has 1 aromatic heterocycles. The van der Waals surface area contributed by atoms with Crippen molar-refractivity contribution in [3.8, 4) is 0 Å². The summed E-state index contributed by atoms with van der Waals surface area (Å²) >= 11 is 6.75. The second-order valence-electron chi connectivity index (χ2n) is 5.49. The number of hydrogen-bond donors (Lipinski definition) is 2. The van der Waals surface area contributed by atoms with Gasteiger partial charge in [-0.3, -0.25) is 9.52 Å². The van der Waals surface area contributed by atoms with E-state index in [2.05, 4.69) is 14.1 Å². The predicted octanol–water partition coefficient (Wildman–Crippen LogP) is 3.12. The Morgan fingerprint density at radius 1 is 1.38 bits per heavy atom. The van der Waals surface area contributed by atoms with E-state index in [9.17, 15) is 18.3 Å². The van der Waals surface area contributed by atoms with Gasteiger partial charge in [-0.25, -0.2) is 13.4 Å². The molecule has 10 heteroatoms. The Morgan fingerprint density at radius 3 is 2.62 bits per heavy atom. The smallest absolute Gasteiger partial charge is 0.314 e. The summed E-state index contributed by atoms with van der Waals surface area (Å²) in [6, 6.07) is 4.56. The molecule has 7 nitrogen and oxygen atoms in total. The Balaban J connectivity index is 2.32. The molecule has 0 aliphatic rings. The van der Waals surface area contributed by atoms with Crippen LogP contribution in [-0.2, 0) is 14.8 Å². The molecular weight excluding hydrogens is 374 g/mol. The lowest BCUT2D eigenvalue weighted by Crippen LogP contribution is -2.19. The van der Waals surface area contributed by atoms with Crippen molar-refractivity contribution in [3.63, 3.8) is 0 Å². The fourth-order valence-corrected chi connectivity index (χ4v) is 4.48. The molecule has 1 aromatic carbocycles. The van der Waals surface area contributed by atoms with Crippen LogP contribution in [0.1, 0.15) is 31.2 Å². The van der Waals surface area contributed by atoms with Crippen LogP contribution in [0.4, 0.5) is 5.13 Å². The number of halogens is 1. The standard InChI is InChI=1S/C14H16ClN3O4S2/c1-7(2)11(13(19)20)12-16-14(23-17-12)18-24(21,22)10-6-4-5-9(15)8(10)3/h4-7,11H,1-3H3,(H,19,20)(H,16,17,18). The van der Waals surface area contributed by atoms with Crippen molar-refractivity contribution in [2.45, 2.75) is 31.6 Å². The Morgan fingerprint density at radius 2 is 2.04 bits per heavy atom. The molecule has 2 rings (SSSR count). The highest BCUT2D eigenvalue weighted by atomic mass is 35.5. The van der Waals surface area contributed by atoms with Crippen LogP contribution in [0.5, 0.6) is 0 Å². The fraction of sp³-hybridized carbons (Fsp3) is 0.357. The van der Waals surface area contributed by atoms with Crippen LogP contribution in [0.2, 0.25) is 5.02 Å². The zero-order chi connectivity index (χ0) is 18.1. The molecule has 1 heterocycles. The van der Waals surface area contributed by atoms with Crippen LogP contribution in [0.3, 0.4) is 0 Å². The molecule has 1 atom stereocenters. The summed E-state index contributed by atoms with van der Waals surface area (Å²) < 4.78 is 31.2. The zero-order valence-electron chi connectivity index (χ0n) is 13.1. The van der Waals surface area contributed by atoms with Crippen LogP contribution in [-0.4, -0.2) is 28.9 Å². The molecule has 24 heavy (non-hydrogen) atoms. The molecule has 0 fully saturated rings. The zero-order valence-corrected chi connectivity index (χ0v) is 15.5. The van der Waals surface area contributed by atoms with Crippen LogP contribution < -0.4 is 4.72 Å². The quantitative estimate of drug-likeness (QED) is 0.785. The first-order chi connectivity index (χ1) is 11.1. The van der Waals surface area contributed by atoms with E-state index in [4.69, 9.17) is 11.6 Å². The number of benzene rings is 1. The summed E-state index contributed by atoms with van der Waals surface area (Å²) in [5.41, 5.74) is 0.419. The average Bonchev–Trinajstić information content (AvgIpc) is 2.88. The van der Waals surface area contributed by atoms with Gasteiger partial charge in [-0.15, -0.1) is 0 Å². The molecule has 2 N–H and O–H groups in total. The summed E-state index contributed by atoms with van der Waals surface area (Å²) in [4.78, 5) is 15.4. The Labute approximate surface area is 148 Å². The van der Waals surface area contributed by atoms with Gasteiger partial charge in [0.1, 0.15) is 5.92 Å². The maximum Gasteiger partial charge on any atom is 0.314 e. The first-order valence-electron chi connectivity index (χ1n) is 6.98. The maximum atomic E-state index is 12.5. The normalized spacial score (nSPS) is 13.0. The van der Waals surface area contributed by atoms with Crippen LogP contribution in [0.15, 0.2) is 23.1 Å². The van der Waals surface area contributed by atoms with Crippen molar-refractivity contribution < 1.29 is 18.3 Å². The van der Waals surface area contributed by atoms with Crippen molar-refractivity contribution in [3.05, 3.63) is 34.6 Å². The molecule has 0 saturated carbocycles. The van der Waals surface area contributed by atoms with Crippen molar-refractivity contribution in [2.75, 3.05) is 4.72 Å². The summed E-state index contributed by atoms with van der Waals surface area (Å²) in [7, 11) is -3.89. The van der Waals surface area contributed by atoms with Gasteiger partial charge in [0, 0.05) is 16.6 Å². The third kappa shape index (κ3) is 3.85. The minimum absolute atomic E-state index is 0.0104. The molecule has 1 unspecified atom stereocenters. The van der Waals surface area contributed by atoms with E-state index in [-0.39, 0.29) is 21.8 Å². The van der Waals surface area contributed by atoms with Crippen molar-refractivity contribution in [2.24, 2.45) is 5.92 Å². The summed E-state index contributed by atoms with van der Waals surface area (Å²) in [6.45, 7) is 5.07. The van der Waals surface area contributed by atoms with Gasteiger partial charge >= 0.3 is 5.97 Å². The Bertz CT molecular complexity index is 865. The van der Waals surface area contributed by atoms with Gasteiger partial charge in [0.2, 0.25) is 5.13 Å². The number of nitrogens with one attached hydrogen (secondary N) is 1. The van der Waals surface area contributed by atoms with Gasteiger partial charge in [0.05, 0.1) is 4.90 Å². The number of aromatic nitrogens is 2. The number of nitrogens with zero attached hydrogens (tertiary/aromatic N) is 2. The molecule has 0 aliphatic carbocycles. The number of sulfonamides is 1. The van der Waals surface area contributed by atoms with Gasteiger partial charge in [0.15, 0.2) is 5.82 Å². The maximum absolute atomic E-state index is 12.5. The highest BCUT2D eigenvalue weighted by Crippen LogP contribution is 2.28. The van der Waals surface area contributed by atoms with E-state index >= 15 is 0 Å². The number of hydrogen-bond acceptors (Lipinski definition) is 6. The highest BCUT2D eigenvalue weighted by molar-refractivity contribution is 7.93. The summed E-state index contributed by atoms with van der Waals surface area (Å²) in [6.07, 6.45) is 0. The Hall–Kier alpha value is -1.71. The number of carboxylic acids is 1. The lowest BCUT2D eigenvalue weighted by Gasteiger charge is -2.12. The van der Waals surface area contributed by atoms with Gasteiger partial charge < -0.3 is 5.11 Å². The molecule has 0 saturated heterocycles. The summed E-state index contributed by atoms with van der Waals surface area (Å²) in [5, 5.41) is 9.60. The van der Waals surface area contributed by atoms with Gasteiger partial charge in [-0.2, -0.15) is 4.37 Å². The topological polar surface area (TPSA) is 109 Å². The molecule has 0 spiro atoms. The lowest BCUT2D eigenvalue weighted by molar-refractivity contribution is -0.140. The second kappa shape index (κ2) is 7.04. The number of anilines is 1. The highest BCUT2D eigenvalue weighted by Gasteiger charge is 2.29. The molecule has 130 valence electrons. The van der Waals surface area contributed by atoms with E-state index in [1.807, 2.05) is 0 Å². The van der Waals surface area contributed by atoms with E-state index in [0.29, 0.717) is 10.6 Å². The van der Waals surface area contributed by atoms with E-state index < -0.39 is 21.9 Å². The van der Waals surface area contributed by atoms with Crippen LogP contribution in [0.25, 0.3) is 0 Å². The average molecular weight is 390 g/mol. The third-order valence-corrected chi connectivity index (χ3v) is 6.05. The van der Waals surface area contributed by atoms with Crippen molar-refractivity contribution in [1.29, 1.82) is 0 Å². The number of aliphatic carboxylic acids is 1. The second-order valence-corrected chi connectivity index (χ2v) is 8.30. The minimum Gasteiger partial charge on any atom is -0.481 e. The first kappa shape index (κ1) is 18.6. The molecule has 2 aromatic rings. The number of rotatable bonds is 6. The van der Waals surface area contributed by atoms with Gasteiger partial charge in [-0.05, 0) is 30.5 Å². The summed E-state index contributed by atoms with van der Waals surface area (Å²) in [5.74, 6) is -2.09. The van der Waals surface area contributed by atoms with E-state index in [1.54, 1.807) is 26.8 Å². The molecular formula is C14H16ClN3O4S2. The Kier molecular flexibility index (Phi) is 5.46. The molecule has 0 amide bonds. The van der Waals surface area contributed by atoms with Crippen LogP contribution in [0, 0.1) is 12.8 Å². The first-order valence-corrected chi connectivity index (χ1v) is 9.61. The molecule has 0 radical (unpaired) electrons. The predicted molar refractivity (Wildman–Crippen MR) is 92.1 cm³/mol. The lowest BCUT2D eigenvalue weighted by atomic mass is 9.95. The fourth-order valence-electron chi connectivity index (χ4n) is 2.15. The molecule has 0 bridgehead atoms. The van der Waals surface area contributed by atoms with Crippen molar-refractivity contribution >= 4 is 44.3 Å². The van der Waals surface area contributed by atoms with E-state index in [1.165, 1.54) is 12.1 Å². The van der Waals surface area contributed by atoms with Crippen LogP contribution >= 0.6 is 23.1 Å².